The number of rotatable bonds is 6. The highest BCUT2D eigenvalue weighted by atomic mass is 32.2. The molecule has 0 aromatic heterocycles. The summed E-state index contributed by atoms with van der Waals surface area (Å²) < 4.78 is 26.5. The molecule has 30 heavy (non-hydrogen) atoms. The zero-order valence-corrected chi connectivity index (χ0v) is 19.3. The van der Waals surface area contributed by atoms with Gasteiger partial charge < -0.3 is 15.5 Å². The van der Waals surface area contributed by atoms with E-state index < -0.39 is 14.8 Å². The highest BCUT2D eigenvalue weighted by Gasteiger charge is 2.33. The van der Waals surface area contributed by atoms with E-state index in [0.29, 0.717) is 37.2 Å². The average molecular weight is 439 g/mol. The van der Waals surface area contributed by atoms with Gasteiger partial charge in [0.2, 0.25) is 10.0 Å². The summed E-state index contributed by atoms with van der Waals surface area (Å²) in [6.45, 7) is 9.89. The van der Waals surface area contributed by atoms with E-state index in [1.165, 1.54) is 0 Å². The zero-order valence-electron chi connectivity index (χ0n) is 18.5. The third-order valence-electron chi connectivity index (χ3n) is 5.30. The maximum absolute atomic E-state index is 12.5. The predicted octanol–water partition coefficient (Wildman–Crippen LogP) is 2.93. The molecule has 1 aliphatic rings. The lowest BCUT2D eigenvalue weighted by Gasteiger charge is -2.33. The van der Waals surface area contributed by atoms with Crippen molar-refractivity contribution in [1.82, 2.24) is 14.9 Å². The van der Waals surface area contributed by atoms with Crippen LogP contribution in [-0.2, 0) is 10.0 Å². The number of sulfonamides is 1. The number of carbonyl (C=O) groups excluding carboxylic acids is 2. The summed E-state index contributed by atoms with van der Waals surface area (Å²) in [6, 6.07) is 6.47. The molecule has 168 valence electrons. The van der Waals surface area contributed by atoms with E-state index in [9.17, 15) is 18.0 Å². The van der Waals surface area contributed by atoms with Crippen molar-refractivity contribution in [3.05, 3.63) is 29.8 Å². The Morgan fingerprint density at radius 1 is 1.13 bits per heavy atom. The molecule has 0 bridgehead atoms. The molecule has 3 amide bonds. The van der Waals surface area contributed by atoms with E-state index in [-0.39, 0.29) is 24.0 Å². The summed E-state index contributed by atoms with van der Waals surface area (Å²) in [6.07, 6.45) is 1.99. The molecule has 9 heteroatoms. The Balaban J connectivity index is 1.86. The molecule has 3 N–H and O–H groups in total. The van der Waals surface area contributed by atoms with E-state index >= 15 is 0 Å². The summed E-state index contributed by atoms with van der Waals surface area (Å²) in [7, 11) is -3.41. The Hall–Kier alpha value is -2.13. The molecular weight excluding hydrogens is 404 g/mol. The zero-order chi connectivity index (χ0) is 22.5. The molecule has 1 saturated heterocycles. The second-order valence-electron chi connectivity index (χ2n) is 8.79. The summed E-state index contributed by atoms with van der Waals surface area (Å²) in [5, 5.41) is 5.74. The van der Waals surface area contributed by atoms with Crippen LogP contribution < -0.4 is 15.4 Å². The molecule has 1 unspecified atom stereocenters. The Morgan fingerprint density at radius 2 is 1.70 bits per heavy atom. The molecule has 1 aromatic rings. The molecule has 8 nitrogen and oxygen atoms in total. The van der Waals surface area contributed by atoms with Crippen LogP contribution in [0.15, 0.2) is 24.3 Å². The smallest absolute Gasteiger partial charge is 0.321 e. The predicted molar refractivity (Wildman–Crippen MR) is 119 cm³/mol. The first-order chi connectivity index (χ1) is 13.9. The van der Waals surface area contributed by atoms with E-state index in [4.69, 9.17) is 0 Å². The number of benzene rings is 1. The number of anilines is 1. The number of hydrogen-bond acceptors (Lipinski definition) is 4. The number of amides is 3. The molecule has 1 heterocycles. The van der Waals surface area contributed by atoms with Gasteiger partial charge in [-0.2, -0.15) is 0 Å². The van der Waals surface area contributed by atoms with Crippen molar-refractivity contribution in [3.8, 4) is 0 Å². The molecule has 1 aliphatic heterocycles. The minimum Gasteiger partial charge on any atom is -0.350 e. The lowest BCUT2D eigenvalue weighted by molar-refractivity contribution is 0.0939. The second kappa shape index (κ2) is 9.78. The normalized spacial score (nSPS) is 16.8. The molecule has 0 spiro atoms. The lowest BCUT2D eigenvalue weighted by Crippen LogP contribution is -2.50. The van der Waals surface area contributed by atoms with Crippen molar-refractivity contribution in [2.75, 3.05) is 18.4 Å². The van der Waals surface area contributed by atoms with Gasteiger partial charge in [0, 0.05) is 36.4 Å². The largest absolute Gasteiger partial charge is 0.350 e. The van der Waals surface area contributed by atoms with E-state index in [1.807, 2.05) is 13.8 Å². The number of likely N-dealkylation sites (tertiary alicyclic amines) is 1. The third kappa shape index (κ3) is 6.43. The first kappa shape index (κ1) is 24.1. The molecule has 0 saturated carbocycles. The maximum atomic E-state index is 12.5. The number of urea groups is 1. The summed E-state index contributed by atoms with van der Waals surface area (Å²) in [5.74, 6) is -0.137. The fourth-order valence-corrected chi connectivity index (χ4v) is 3.94. The van der Waals surface area contributed by atoms with Crippen molar-refractivity contribution in [1.29, 1.82) is 0 Å². The highest BCUT2D eigenvalue weighted by molar-refractivity contribution is 7.90. The van der Waals surface area contributed by atoms with Crippen molar-refractivity contribution < 1.29 is 18.0 Å². The summed E-state index contributed by atoms with van der Waals surface area (Å²) >= 11 is 0. The van der Waals surface area contributed by atoms with Gasteiger partial charge in [0.15, 0.2) is 0 Å². The number of nitrogens with one attached hydrogen (secondary N) is 3. The van der Waals surface area contributed by atoms with Gasteiger partial charge >= 0.3 is 6.03 Å². The molecule has 0 aliphatic carbocycles. The molecule has 2 rings (SSSR count). The monoisotopic (exact) mass is 438 g/mol. The molecule has 1 fully saturated rings. The number of hydrogen-bond donors (Lipinski definition) is 3. The van der Waals surface area contributed by atoms with Gasteiger partial charge in [-0.25, -0.2) is 17.9 Å². The van der Waals surface area contributed by atoms with Crippen LogP contribution in [0.2, 0.25) is 0 Å². The van der Waals surface area contributed by atoms with Gasteiger partial charge in [-0.05, 0) is 71.2 Å². The van der Waals surface area contributed by atoms with Gasteiger partial charge in [0.25, 0.3) is 5.91 Å². The first-order valence-corrected chi connectivity index (χ1v) is 11.9. The number of carbonyl (C=O) groups is 2. The third-order valence-corrected chi connectivity index (χ3v) is 7.55. The Labute approximate surface area is 179 Å². The minimum atomic E-state index is -3.41. The quantitative estimate of drug-likeness (QED) is 0.635. The van der Waals surface area contributed by atoms with Crippen LogP contribution >= 0.6 is 0 Å². The molecule has 0 radical (unpaired) electrons. The topological polar surface area (TPSA) is 108 Å². The van der Waals surface area contributed by atoms with Crippen molar-refractivity contribution >= 4 is 27.6 Å². The molecule has 1 aromatic carbocycles. The maximum Gasteiger partial charge on any atom is 0.321 e. The van der Waals surface area contributed by atoms with Crippen molar-refractivity contribution in [2.24, 2.45) is 0 Å². The van der Waals surface area contributed by atoms with Gasteiger partial charge in [-0.15, -0.1) is 0 Å². The van der Waals surface area contributed by atoms with Crippen LogP contribution in [0.1, 0.15) is 64.2 Å². The van der Waals surface area contributed by atoms with Crippen LogP contribution in [0.25, 0.3) is 0 Å². The Bertz CT molecular complexity index is 839. The van der Waals surface area contributed by atoms with Crippen molar-refractivity contribution in [3.63, 3.8) is 0 Å². The van der Waals surface area contributed by atoms with Gasteiger partial charge in [-0.1, -0.05) is 6.92 Å². The second-order valence-corrected chi connectivity index (χ2v) is 11.3. The fraction of sp³-hybridized carbons (Fsp3) is 0.619. The van der Waals surface area contributed by atoms with E-state index in [1.54, 1.807) is 49.9 Å². The molecule has 1 atom stereocenters. The van der Waals surface area contributed by atoms with Crippen LogP contribution in [0.4, 0.5) is 10.5 Å². The van der Waals surface area contributed by atoms with Gasteiger partial charge in [0.1, 0.15) is 0 Å². The summed E-state index contributed by atoms with van der Waals surface area (Å²) in [4.78, 5) is 26.3. The van der Waals surface area contributed by atoms with Gasteiger partial charge in [-0.3, -0.25) is 4.79 Å². The van der Waals surface area contributed by atoms with Crippen molar-refractivity contribution in [2.45, 2.75) is 70.7 Å². The standard InChI is InChI=1S/C21H34N4O4S/c1-6-15(2)22-19(26)16-7-9-17(10-8-16)23-20(27)25-13-11-18(12-14-25)24-30(28,29)21(3,4)5/h7-10,15,18,24H,6,11-14H2,1-5H3,(H,22,26)(H,23,27). The lowest BCUT2D eigenvalue weighted by atomic mass is 10.1. The SMILES string of the molecule is CCC(C)NC(=O)c1ccc(NC(=O)N2CCC(NS(=O)(=O)C(C)(C)C)CC2)cc1. The fourth-order valence-electron chi connectivity index (χ4n) is 2.91. The average Bonchev–Trinajstić information content (AvgIpc) is 2.67. The van der Waals surface area contributed by atoms with Crippen LogP contribution in [0.5, 0.6) is 0 Å². The highest BCUT2D eigenvalue weighted by Crippen LogP contribution is 2.19. The van der Waals surface area contributed by atoms with Gasteiger partial charge in [0.05, 0.1) is 4.75 Å². The number of nitrogens with zero attached hydrogens (tertiary/aromatic N) is 1. The number of piperidine rings is 1. The minimum absolute atomic E-state index is 0.104. The Morgan fingerprint density at radius 3 is 2.20 bits per heavy atom. The van der Waals surface area contributed by atoms with Crippen LogP contribution in [-0.4, -0.2) is 55.2 Å². The molecular formula is C21H34N4O4S. The first-order valence-electron chi connectivity index (χ1n) is 10.4. The Kier molecular flexibility index (Phi) is 7.87. The van der Waals surface area contributed by atoms with E-state index in [0.717, 1.165) is 6.42 Å². The van der Waals surface area contributed by atoms with Crippen LogP contribution in [0, 0.1) is 0 Å². The van der Waals surface area contributed by atoms with E-state index in [2.05, 4.69) is 15.4 Å². The van der Waals surface area contributed by atoms with Crippen LogP contribution in [0.3, 0.4) is 0 Å². The summed E-state index contributed by atoms with van der Waals surface area (Å²) in [5.41, 5.74) is 1.15.